The molecule has 94 valence electrons. The predicted molar refractivity (Wildman–Crippen MR) is 62.0 cm³/mol. The molecule has 18 heavy (non-hydrogen) atoms. The molecule has 1 N–H and O–H groups in total. The zero-order valence-corrected chi connectivity index (χ0v) is 9.61. The van der Waals surface area contributed by atoms with Crippen molar-refractivity contribution >= 4 is 16.9 Å². The molecule has 2 rings (SSSR count). The smallest absolute Gasteiger partial charge is 0.332 e. The molecular weight excluding hydrogens is 238 g/mol. The van der Waals surface area contributed by atoms with Gasteiger partial charge >= 0.3 is 5.97 Å². The van der Waals surface area contributed by atoms with Crippen LogP contribution in [0.2, 0.25) is 0 Å². The monoisotopic (exact) mass is 249 g/mol. The number of carboxylic acid groups (broad SMARTS) is 1. The van der Waals surface area contributed by atoms with E-state index in [-0.39, 0.29) is 12.3 Å². The number of benzene rings is 1. The molecule has 0 fully saturated rings. The Morgan fingerprint density at radius 2 is 2.22 bits per heavy atom. The third-order valence-electron chi connectivity index (χ3n) is 2.42. The Kier molecular flexibility index (Phi) is 3.33. The van der Waals surface area contributed by atoms with Crippen molar-refractivity contribution in [3.8, 4) is 0 Å². The van der Waals surface area contributed by atoms with Crippen LogP contribution >= 0.6 is 0 Å². The molecule has 0 amide bonds. The average molecular weight is 249 g/mol. The lowest BCUT2D eigenvalue weighted by Gasteiger charge is -2.09. The van der Waals surface area contributed by atoms with Gasteiger partial charge in [0.05, 0.1) is 5.39 Å². The molecule has 0 aliphatic heterocycles. The van der Waals surface area contributed by atoms with Crippen LogP contribution in [0.3, 0.4) is 0 Å². The molecule has 0 saturated heterocycles. The zero-order chi connectivity index (χ0) is 13.1. The summed E-state index contributed by atoms with van der Waals surface area (Å²) < 4.78 is 5.97. The fourth-order valence-electron chi connectivity index (χ4n) is 1.36. The number of aromatic nitrogens is 3. The summed E-state index contributed by atoms with van der Waals surface area (Å²) in [6.45, 7) is 1.13. The van der Waals surface area contributed by atoms with E-state index in [4.69, 9.17) is 9.84 Å². The molecule has 1 unspecified atom stereocenters. The number of carboxylic acids is 1. The normalized spacial score (nSPS) is 12.5. The predicted octanol–water partition coefficient (Wildman–Crippen LogP) is 0.239. The van der Waals surface area contributed by atoms with Gasteiger partial charge in [0, 0.05) is 0 Å². The molecular formula is C11H11N3O4. The molecule has 2 aromatic rings. The van der Waals surface area contributed by atoms with Crippen LogP contribution in [0.4, 0.5) is 0 Å². The summed E-state index contributed by atoms with van der Waals surface area (Å²) in [5.41, 5.74) is 0.128. The highest BCUT2D eigenvalue weighted by Crippen LogP contribution is 2.03. The number of hydrogen-bond donors (Lipinski definition) is 1. The molecule has 0 bridgehead atoms. The van der Waals surface area contributed by atoms with E-state index < -0.39 is 12.1 Å². The van der Waals surface area contributed by atoms with Gasteiger partial charge in [-0.15, -0.1) is 5.10 Å². The fraction of sp³-hybridized carbons (Fsp3) is 0.273. The summed E-state index contributed by atoms with van der Waals surface area (Å²) in [5.74, 6) is -1.10. The fourth-order valence-corrected chi connectivity index (χ4v) is 1.36. The van der Waals surface area contributed by atoms with Crippen molar-refractivity contribution in [2.24, 2.45) is 0 Å². The van der Waals surface area contributed by atoms with Gasteiger partial charge in [0.25, 0.3) is 5.56 Å². The highest BCUT2D eigenvalue weighted by molar-refractivity contribution is 5.76. The second-order valence-corrected chi connectivity index (χ2v) is 3.69. The number of nitrogens with zero attached hydrogens (tertiary/aromatic N) is 3. The summed E-state index contributed by atoms with van der Waals surface area (Å²) in [5, 5.41) is 16.6. The second kappa shape index (κ2) is 4.92. The van der Waals surface area contributed by atoms with E-state index in [2.05, 4.69) is 10.3 Å². The van der Waals surface area contributed by atoms with E-state index in [1.54, 1.807) is 24.3 Å². The van der Waals surface area contributed by atoms with Gasteiger partial charge in [0.2, 0.25) is 0 Å². The first-order valence-electron chi connectivity index (χ1n) is 5.26. The minimum atomic E-state index is -1.10. The number of rotatable bonds is 4. The Balaban J connectivity index is 2.27. The van der Waals surface area contributed by atoms with Gasteiger partial charge in [0.15, 0.2) is 6.10 Å². The first-order valence-corrected chi connectivity index (χ1v) is 5.26. The van der Waals surface area contributed by atoms with Gasteiger partial charge in [-0.1, -0.05) is 17.3 Å². The molecule has 0 saturated carbocycles. The Morgan fingerprint density at radius 1 is 1.50 bits per heavy atom. The highest BCUT2D eigenvalue weighted by Gasteiger charge is 2.12. The number of aliphatic carboxylic acids is 1. The Labute approximate surface area is 102 Å². The van der Waals surface area contributed by atoms with E-state index in [1.165, 1.54) is 6.92 Å². The molecule has 1 aromatic heterocycles. The van der Waals surface area contributed by atoms with Crippen LogP contribution in [0.25, 0.3) is 10.9 Å². The third-order valence-corrected chi connectivity index (χ3v) is 2.42. The Bertz CT molecular complexity index is 637. The summed E-state index contributed by atoms with van der Waals surface area (Å²) in [7, 11) is 0. The van der Waals surface area contributed by atoms with Crippen LogP contribution < -0.4 is 5.56 Å². The minimum Gasteiger partial charge on any atom is -0.479 e. The summed E-state index contributed by atoms with van der Waals surface area (Å²) in [6, 6.07) is 6.78. The van der Waals surface area contributed by atoms with Gasteiger partial charge < -0.3 is 9.84 Å². The van der Waals surface area contributed by atoms with Crippen molar-refractivity contribution in [1.29, 1.82) is 0 Å². The molecule has 1 atom stereocenters. The molecule has 0 spiro atoms. The van der Waals surface area contributed by atoms with E-state index in [1.807, 2.05) is 0 Å². The van der Waals surface area contributed by atoms with Crippen LogP contribution in [-0.2, 0) is 16.3 Å². The quantitative estimate of drug-likeness (QED) is 0.834. The Hall–Kier alpha value is -2.28. The lowest BCUT2D eigenvalue weighted by molar-refractivity contribution is -0.152. The molecule has 1 aromatic carbocycles. The number of hydrogen-bond acceptors (Lipinski definition) is 5. The topological polar surface area (TPSA) is 94.3 Å². The standard InChI is InChI=1S/C11H11N3O4/c1-7(11(16)17)18-6-14-10(15)8-4-2-3-5-9(8)12-13-14/h2-5,7H,6H2,1H3,(H,16,17). The van der Waals surface area contributed by atoms with E-state index in [0.29, 0.717) is 10.9 Å². The Morgan fingerprint density at radius 3 is 2.94 bits per heavy atom. The summed E-state index contributed by atoms with van der Waals surface area (Å²) in [4.78, 5) is 22.5. The lowest BCUT2D eigenvalue weighted by atomic mass is 10.2. The largest absolute Gasteiger partial charge is 0.479 e. The molecule has 0 aliphatic carbocycles. The van der Waals surface area contributed by atoms with Crippen molar-refractivity contribution < 1.29 is 14.6 Å². The number of carbonyl (C=O) groups is 1. The van der Waals surface area contributed by atoms with Crippen molar-refractivity contribution in [3.05, 3.63) is 34.6 Å². The number of fused-ring (bicyclic) bond motifs is 1. The molecule has 0 aliphatic rings. The lowest BCUT2D eigenvalue weighted by Crippen LogP contribution is -2.29. The zero-order valence-electron chi connectivity index (χ0n) is 9.61. The second-order valence-electron chi connectivity index (χ2n) is 3.69. The van der Waals surface area contributed by atoms with E-state index in [9.17, 15) is 9.59 Å². The molecule has 0 radical (unpaired) electrons. The average Bonchev–Trinajstić information content (AvgIpc) is 2.38. The highest BCUT2D eigenvalue weighted by atomic mass is 16.5. The minimum absolute atomic E-state index is 0.246. The maximum atomic E-state index is 11.9. The van der Waals surface area contributed by atoms with Gasteiger partial charge in [0.1, 0.15) is 12.2 Å². The first kappa shape index (κ1) is 12.2. The van der Waals surface area contributed by atoms with Crippen LogP contribution in [0.15, 0.2) is 29.1 Å². The maximum Gasteiger partial charge on any atom is 0.332 e. The third kappa shape index (κ3) is 2.35. The maximum absolute atomic E-state index is 11.9. The van der Waals surface area contributed by atoms with Crippen molar-refractivity contribution in [1.82, 2.24) is 15.0 Å². The molecule has 7 heteroatoms. The number of ether oxygens (including phenoxy) is 1. The van der Waals surface area contributed by atoms with E-state index >= 15 is 0 Å². The van der Waals surface area contributed by atoms with Crippen LogP contribution in [0.5, 0.6) is 0 Å². The van der Waals surface area contributed by atoms with Crippen molar-refractivity contribution in [3.63, 3.8) is 0 Å². The summed E-state index contributed by atoms with van der Waals surface area (Å²) >= 11 is 0. The molecule has 1 heterocycles. The van der Waals surface area contributed by atoms with Gasteiger partial charge in [-0.3, -0.25) is 4.79 Å². The van der Waals surface area contributed by atoms with Crippen molar-refractivity contribution in [2.45, 2.75) is 19.8 Å². The van der Waals surface area contributed by atoms with Gasteiger partial charge in [-0.25, -0.2) is 4.79 Å². The SMILES string of the molecule is CC(OCn1nnc2ccccc2c1=O)C(=O)O. The first-order chi connectivity index (χ1) is 8.59. The molecule has 7 nitrogen and oxygen atoms in total. The van der Waals surface area contributed by atoms with Crippen molar-refractivity contribution in [2.75, 3.05) is 0 Å². The van der Waals surface area contributed by atoms with Crippen LogP contribution in [-0.4, -0.2) is 32.2 Å². The van der Waals surface area contributed by atoms with Crippen LogP contribution in [0.1, 0.15) is 6.92 Å². The van der Waals surface area contributed by atoms with Gasteiger partial charge in [-0.05, 0) is 19.1 Å². The van der Waals surface area contributed by atoms with E-state index in [0.717, 1.165) is 4.68 Å². The van der Waals surface area contributed by atoms with Crippen LogP contribution in [0, 0.1) is 0 Å². The van der Waals surface area contributed by atoms with Gasteiger partial charge in [-0.2, -0.15) is 4.68 Å². The summed E-state index contributed by atoms with van der Waals surface area (Å²) in [6.07, 6.45) is -1.01.